The van der Waals surface area contributed by atoms with E-state index in [-0.39, 0.29) is 5.78 Å². The van der Waals surface area contributed by atoms with Crippen molar-refractivity contribution in [2.45, 2.75) is 31.6 Å². The summed E-state index contributed by atoms with van der Waals surface area (Å²) in [5, 5.41) is 1.37. The first kappa shape index (κ1) is 17.0. The van der Waals surface area contributed by atoms with E-state index in [1.54, 1.807) is 0 Å². The SMILES string of the molecule is O=C(CCCN1CCC(c2c[nH]c3ccccc23)CC1)c1ccccc1. The molecule has 3 aromatic rings. The van der Waals surface area contributed by atoms with Crippen molar-refractivity contribution in [3.8, 4) is 0 Å². The number of benzene rings is 2. The standard InChI is InChI=1S/C23H26N2O/c26-23(19-7-2-1-3-8-19)11-6-14-25-15-12-18(13-16-25)21-17-24-22-10-5-4-9-20(21)22/h1-5,7-10,17-18,24H,6,11-16H2. The van der Waals surface area contributed by atoms with Crippen LogP contribution in [0.2, 0.25) is 0 Å². The number of H-pyrrole nitrogens is 1. The normalized spacial score (nSPS) is 16.2. The number of piperidine rings is 1. The summed E-state index contributed by atoms with van der Waals surface area (Å²) in [6, 6.07) is 18.2. The molecule has 1 N–H and O–H groups in total. The van der Waals surface area contributed by atoms with Crippen LogP contribution in [-0.4, -0.2) is 35.3 Å². The Morgan fingerprint density at radius 2 is 1.73 bits per heavy atom. The number of hydrogen-bond acceptors (Lipinski definition) is 2. The van der Waals surface area contributed by atoms with Crippen LogP contribution in [0.4, 0.5) is 0 Å². The van der Waals surface area contributed by atoms with Crippen LogP contribution in [0, 0.1) is 0 Å². The van der Waals surface area contributed by atoms with Gasteiger partial charge >= 0.3 is 0 Å². The zero-order chi connectivity index (χ0) is 17.8. The molecule has 0 atom stereocenters. The molecule has 0 bridgehead atoms. The van der Waals surface area contributed by atoms with Crippen molar-refractivity contribution < 1.29 is 4.79 Å². The van der Waals surface area contributed by atoms with Gasteiger partial charge in [-0.2, -0.15) is 0 Å². The highest BCUT2D eigenvalue weighted by Gasteiger charge is 2.22. The molecule has 3 nitrogen and oxygen atoms in total. The van der Waals surface area contributed by atoms with Gasteiger partial charge in [0, 0.05) is 29.1 Å². The lowest BCUT2D eigenvalue weighted by Crippen LogP contribution is -2.33. The van der Waals surface area contributed by atoms with Crippen molar-refractivity contribution in [1.82, 2.24) is 9.88 Å². The first-order valence-corrected chi connectivity index (χ1v) is 9.68. The number of aromatic amines is 1. The lowest BCUT2D eigenvalue weighted by Gasteiger charge is -2.31. The monoisotopic (exact) mass is 346 g/mol. The number of nitrogens with zero attached hydrogens (tertiary/aromatic N) is 1. The molecule has 0 unspecified atom stereocenters. The minimum atomic E-state index is 0.263. The number of nitrogens with one attached hydrogen (secondary N) is 1. The number of carbonyl (C=O) groups is 1. The predicted molar refractivity (Wildman–Crippen MR) is 107 cm³/mol. The van der Waals surface area contributed by atoms with E-state index in [9.17, 15) is 4.79 Å². The second kappa shape index (κ2) is 7.88. The van der Waals surface area contributed by atoms with Crippen LogP contribution in [0.3, 0.4) is 0 Å². The molecular formula is C23H26N2O. The maximum absolute atomic E-state index is 12.2. The van der Waals surface area contributed by atoms with Gasteiger partial charge in [-0.25, -0.2) is 0 Å². The largest absolute Gasteiger partial charge is 0.361 e. The summed E-state index contributed by atoms with van der Waals surface area (Å²) in [6.45, 7) is 3.28. The van der Waals surface area contributed by atoms with Crippen LogP contribution in [0.25, 0.3) is 10.9 Å². The first-order chi connectivity index (χ1) is 12.8. The van der Waals surface area contributed by atoms with Gasteiger partial charge in [0.05, 0.1) is 0 Å². The quantitative estimate of drug-likeness (QED) is 0.637. The number of para-hydroxylation sites is 1. The Kier molecular flexibility index (Phi) is 5.16. The third-order valence-electron chi connectivity index (χ3n) is 5.62. The first-order valence-electron chi connectivity index (χ1n) is 9.68. The molecule has 1 aliphatic rings. The van der Waals surface area contributed by atoms with Gasteiger partial charge in [-0.1, -0.05) is 48.5 Å². The molecule has 1 aromatic heterocycles. The van der Waals surface area contributed by atoms with Crippen LogP contribution >= 0.6 is 0 Å². The summed E-state index contributed by atoms with van der Waals surface area (Å²) >= 11 is 0. The fraction of sp³-hybridized carbons (Fsp3) is 0.348. The molecule has 4 rings (SSSR count). The average molecular weight is 346 g/mol. The van der Waals surface area contributed by atoms with Gasteiger partial charge in [0.2, 0.25) is 0 Å². The Bertz CT molecular complexity index is 860. The number of rotatable bonds is 6. The van der Waals surface area contributed by atoms with E-state index in [1.807, 2.05) is 30.3 Å². The molecule has 0 aliphatic carbocycles. The van der Waals surface area contributed by atoms with E-state index >= 15 is 0 Å². The highest BCUT2D eigenvalue weighted by atomic mass is 16.1. The van der Waals surface area contributed by atoms with E-state index in [4.69, 9.17) is 0 Å². The van der Waals surface area contributed by atoms with E-state index in [1.165, 1.54) is 29.3 Å². The van der Waals surface area contributed by atoms with Crippen LogP contribution in [0.15, 0.2) is 60.8 Å². The Balaban J connectivity index is 1.26. The molecule has 0 radical (unpaired) electrons. The minimum Gasteiger partial charge on any atom is -0.361 e. The molecule has 2 aromatic carbocycles. The molecule has 1 fully saturated rings. The van der Waals surface area contributed by atoms with Gasteiger partial charge in [0.1, 0.15) is 0 Å². The van der Waals surface area contributed by atoms with E-state index in [0.29, 0.717) is 12.3 Å². The number of aromatic nitrogens is 1. The minimum absolute atomic E-state index is 0.263. The summed E-state index contributed by atoms with van der Waals surface area (Å²) in [7, 11) is 0. The number of carbonyl (C=O) groups excluding carboxylic acids is 1. The van der Waals surface area contributed by atoms with Crippen LogP contribution < -0.4 is 0 Å². The molecule has 0 amide bonds. The van der Waals surface area contributed by atoms with Crippen molar-refractivity contribution in [2.75, 3.05) is 19.6 Å². The van der Waals surface area contributed by atoms with Crippen LogP contribution in [0.5, 0.6) is 0 Å². The second-order valence-electron chi connectivity index (χ2n) is 7.30. The number of fused-ring (bicyclic) bond motifs is 1. The summed E-state index contributed by atoms with van der Waals surface area (Å²) < 4.78 is 0. The zero-order valence-electron chi connectivity index (χ0n) is 15.2. The molecule has 3 heteroatoms. The Labute approximate surface area is 155 Å². The third kappa shape index (κ3) is 3.73. The number of Topliss-reactive ketones (excluding diaryl/α,β-unsaturated/α-hetero) is 1. The average Bonchev–Trinajstić information content (AvgIpc) is 3.13. The van der Waals surface area contributed by atoms with Crippen molar-refractivity contribution in [1.29, 1.82) is 0 Å². The smallest absolute Gasteiger partial charge is 0.162 e. The van der Waals surface area contributed by atoms with Gasteiger partial charge < -0.3 is 9.88 Å². The fourth-order valence-electron chi connectivity index (χ4n) is 4.13. The molecule has 1 aliphatic heterocycles. The van der Waals surface area contributed by atoms with Crippen molar-refractivity contribution in [3.05, 3.63) is 71.9 Å². The van der Waals surface area contributed by atoms with Crippen molar-refractivity contribution >= 4 is 16.7 Å². The maximum Gasteiger partial charge on any atom is 0.162 e. The van der Waals surface area contributed by atoms with E-state index in [2.05, 4.69) is 40.3 Å². The summed E-state index contributed by atoms with van der Waals surface area (Å²) in [5.41, 5.74) is 3.55. The van der Waals surface area contributed by atoms with Crippen molar-refractivity contribution in [2.24, 2.45) is 0 Å². The topological polar surface area (TPSA) is 36.1 Å². The zero-order valence-corrected chi connectivity index (χ0v) is 15.2. The predicted octanol–water partition coefficient (Wildman–Crippen LogP) is 5.01. The summed E-state index contributed by atoms with van der Waals surface area (Å²) in [4.78, 5) is 18.1. The third-order valence-corrected chi connectivity index (χ3v) is 5.62. The Morgan fingerprint density at radius 1 is 1.00 bits per heavy atom. The van der Waals surface area contributed by atoms with Gasteiger partial charge in [0.25, 0.3) is 0 Å². The molecule has 2 heterocycles. The molecule has 1 saturated heterocycles. The molecule has 26 heavy (non-hydrogen) atoms. The summed E-state index contributed by atoms with van der Waals surface area (Å²) in [5.74, 6) is 0.910. The van der Waals surface area contributed by atoms with Crippen LogP contribution in [0.1, 0.15) is 47.5 Å². The molecule has 134 valence electrons. The molecule has 0 saturated carbocycles. The number of ketones is 1. The van der Waals surface area contributed by atoms with Gasteiger partial charge in [0.15, 0.2) is 5.78 Å². The lowest BCUT2D eigenvalue weighted by molar-refractivity contribution is 0.0972. The number of likely N-dealkylation sites (tertiary alicyclic amines) is 1. The molecule has 0 spiro atoms. The summed E-state index contributed by atoms with van der Waals surface area (Å²) in [6.07, 6.45) is 6.20. The lowest BCUT2D eigenvalue weighted by atomic mass is 9.89. The Morgan fingerprint density at radius 3 is 2.54 bits per heavy atom. The van der Waals surface area contributed by atoms with Gasteiger partial charge in [-0.05, 0) is 56.4 Å². The molecular weight excluding hydrogens is 320 g/mol. The maximum atomic E-state index is 12.2. The van der Waals surface area contributed by atoms with E-state index in [0.717, 1.165) is 31.6 Å². The van der Waals surface area contributed by atoms with Crippen molar-refractivity contribution in [3.63, 3.8) is 0 Å². The van der Waals surface area contributed by atoms with Crippen LogP contribution in [-0.2, 0) is 0 Å². The fourth-order valence-corrected chi connectivity index (χ4v) is 4.13. The second-order valence-corrected chi connectivity index (χ2v) is 7.30. The van der Waals surface area contributed by atoms with E-state index < -0.39 is 0 Å². The number of hydrogen-bond donors (Lipinski definition) is 1. The Hall–Kier alpha value is -2.39. The highest BCUT2D eigenvalue weighted by Crippen LogP contribution is 2.33. The van der Waals surface area contributed by atoms with Gasteiger partial charge in [-0.3, -0.25) is 4.79 Å². The highest BCUT2D eigenvalue weighted by molar-refractivity contribution is 5.95. The van der Waals surface area contributed by atoms with Gasteiger partial charge in [-0.15, -0.1) is 0 Å².